The molecule has 1 amide bonds. The van der Waals surface area contributed by atoms with Crippen LogP contribution in [0.25, 0.3) is 10.2 Å². The lowest BCUT2D eigenvalue weighted by Gasteiger charge is -2.41. The highest BCUT2D eigenvalue weighted by Crippen LogP contribution is 2.25. The molecular formula is C21H24N4OS. The minimum absolute atomic E-state index is 0.00467. The summed E-state index contributed by atoms with van der Waals surface area (Å²) < 4.78 is 1.09. The van der Waals surface area contributed by atoms with Gasteiger partial charge >= 0.3 is 0 Å². The van der Waals surface area contributed by atoms with Gasteiger partial charge in [-0.05, 0) is 38.1 Å². The zero-order valence-electron chi connectivity index (χ0n) is 15.7. The maximum absolute atomic E-state index is 12.5. The Morgan fingerprint density at radius 1 is 1.19 bits per heavy atom. The number of benzene rings is 2. The topological polar surface area (TPSA) is 48.5 Å². The summed E-state index contributed by atoms with van der Waals surface area (Å²) in [6.45, 7) is 7.42. The van der Waals surface area contributed by atoms with E-state index in [-0.39, 0.29) is 5.91 Å². The van der Waals surface area contributed by atoms with E-state index in [1.165, 1.54) is 22.6 Å². The number of piperazine rings is 1. The summed E-state index contributed by atoms with van der Waals surface area (Å²) >= 11 is 1.52. The normalized spacial score (nSPS) is 18.0. The van der Waals surface area contributed by atoms with Gasteiger partial charge in [0.2, 0.25) is 5.91 Å². The summed E-state index contributed by atoms with van der Waals surface area (Å²) in [5.74, 6) is 0.00467. The van der Waals surface area contributed by atoms with Crippen molar-refractivity contribution in [1.29, 1.82) is 0 Å². The Bertz CT molecular complexity index is 904. The molecule has 0 bridgehead atoms. The fraction of sp³-hybridized carbons (Fsp3) is 0.333. The second-order valence-corrected chi connectivity index (χ2v) is 8.18. The van der Waals surface area contributed by atoms with Gasteiger partial charge in [0.15, 0.2) is 5.13 Å². The van der Waals surface area contributed by atoms with Gasteiger partial charge in [0.1, 0.15) is 0 Å². The predicted octanol–water partition coefficient (Wildman–Crippen LogP) is 3.75. The van der Waals surface area contributed by atoms with Gasteiger partial charge in [-0.15, -0.1) is 0 Å². The largest absolute Gasteiger partial charge is 0.366 e. The lowest BCUT2D eigenvalue weighted by molar-refractivity contribution is -0.117. The quantitative estimate of drug-likeness (QED) is 0.749. The molecule has 1 unspecified atom stereocenters. The summed E-state index contributed by atoms with van der Waals surface area (Å²) in [7, 11) is 0. The lowest BCUT2D eigenvalue weighted by atomic mass is 10.1. The summed E-state index contributed by atoms with van der Waals surface area (Å²) in [5.41, 5.74) is 3.46. The summed E-state index contributed by atoms with van der Waals surface area (Å²) in [6.07, 6.45) is 0. The number of rotatable bonds is 4. The lowest BCUT2D eigenvalue weighted by Crippen LogP contribution is -2.53. The summed E-state index contributed by atoms with van der Waals surface area (Å²) in [5, 5.41) is 3.63. The van der Waals surface area contributed by atoms with Gasteiger partial charge in [-0.2, -0.15) is 0 Å². The van der Waals surface area contributed by atoms with Gasteiger partial charge in [0.05, 0.1) is 16.8 Å². The molecule has 1 aliphatic heterocycles. The number of amides is 1. The van der Waals surface area contributed by atoms with Gasteiger partial charge in [-0.3, -0.25) is 9.69 Å². The minimum Gasteiger partial charge on any atom is -0.366 e. The van der Waals surface area contributed by atoms with Crippen molar-refractivity contribution in [3.63, 3.8) is 0 Å². The van der Waals surface area contributed by atoms with E-state index in [1.807, 2.05) is 24.3 Å². The molecule has 1 N–H and O–H groups in total. The SMILES string of the molecule is Cc1ccc(N2CCN(CC(=O)Nc3nc4ccccc4s3)CC2C)cc1. The molecule has 0 saturated carbocycles. The molecule has 2 heterocycles. The first-order chi connectivity index (χ1) is 13.1. The van der Waals surface area contributed by atoms with Crippen LogP contribution in [-0.4, -0.2) is 48.0 Å². The van der Waals surface area contributed by atoms with Crippen molar-refractivity contribution in [3.8, 4) is 0 Å². The van der Waals surface area contributed by atoms with E-state index in [2.05, 4.69) is 58.2 Å². The molecule has 27 heavy (non-hydrogen) atoms. The smallest absolute Gasteiger partial charge is 0.240 e. The van der Waals surface area contributed by atoms with E-state index >= 15 is 0 Å². The molecule has 2 aromatic carbocycles. The van der Waals surface area contributed by atoms with Gasteiger partial charge in [-0.25, -0.2) is 4.98 Å². The molecule has 3 aromatic rings. The molecule has 5 nitrogen and oxygen atoms in total. The number of aryl methyl sites for hydroxylation is 1. The Labute approximate surface area is 163 Å². The zero-order valence-corrected chi connectivity index (χ0v) is 16.5. The minimum atomic E-state index is 0.00467. The average Bonchev–Trinajstić information content (AvgIpc) is 3.05. The second-order valence-electron chi connectivity index (χ2n) is 7.15. The van der Waals surface area contributed by atoms with Crippen molar-refractivity contribution < 1.29 is 4.79 Å². The van der Waals surface area contributed by atoms with Crippen LogP contribution in [0.5, 0.6) is 0 Å². The van der Waals surface area contributed by atoms with Crippen molar-refractivity contribution >= 4 is 38.3 Å². The number of hydrogen-bond donors (Lipinski definition) is 1. The van der Waals surface area contributed by atoms with E-state index in [4.69, 9.17) is 0 Å². The third-order valence-corrected chi connectivity index (χ3v) is 5.94. The first-order valence-corrected chi connectivity index (χ1v) is 10.1. The molecule has 0 radical (unpaired) electrons. The number of carbonyl (C=O) groups is 1. The van der Waals surface area contributed by atoms with Crippen LogP contribution in [0.4, 0.5) is 10.8 Å². The standard InChI is InChI=1S/C21H24N4OS/c1-15-7-9-17(10-8-15)25-12-11-24(13-16(25)2)14-20(26)23-21-22-18-5-3-4-6-19(18)27-21/h3-10,16H,11-14H2,1-2H3,(H,22,23,26). The number of nitrogens with one attached hydrogen (secondary N) is 1. The number of thiazole rings is 1. The number of nitrogens with zero attached hydrogens (tertiary/aromatic N) is 3. The third-order valence-electron chi connectivity index (χ3n) is 4.98. The monoisotopic (exact) mass is 380 g/mol. The molecule has 1 atom stereocenters. The predicted molar refractivity (Wildman–Crippen MR) is 113 cm³/mol. The molecular weight excluding hydrogens is 356 g/mol. The van der Waals surface area contributed by atoms with Crippen molar-refractivity contribution in [2.45, 2.75) is 19.9 Å². The second kappa shape index (κ2) is 7.66. The highest BCUT2D eigenvalue weighted by atomic mass is 32.1. The van der Waals surface area contributed by atoms with E-state index in [9.17, 15) is 4.79 Å². The van der Waals surface area contributed by atoms with Crippen LogP contribution in [-0.2, 0) is 4.79 Å². The third kappa shape index (κ3) is 4.12. The van der Waals surface area contributed by atoms with Crippen molar-refractivity contribution in [2.24, 2.45) is 0 Å². The van der Waals surface area contributed by atoms with Crippen LogP contribution in [0, 0.1) is 6.92 Å². The summed E-state index contributed by atoms with van der Waals surface area (Å²) in [4.78, 5) is 21.6. The van der Waals surface area contributed by atoms with Crippen LogP contribution in [0.3, 0.4) is 0 Å². The van der Waals surface area contributed by atoms with Crippen LogP contribution < -0.4 is 10.2 Å². The van der Waals surface area contributed by atoms with E-state index in [0.29, 0.717) is 17.7 Å². The number of para-hydroxylation sites is 1. The van der Waals surface area contributed by atoms with Gasteiger partial charge in [0.25, 0.3) is 0 Å². The first kappa shape index (κ1) is 17.9. The number of fused-ring (bicyclic) bond motifs is 1. The van der Waals surface area contributed by atoms with Crippen LogP contribution in [0.2, 0.25) is 0 Å². The number of anilines is 2. The van der Waals surface area contributed by atoms with E-state index in [0.717, 1.165) is 29.9 Å². The molecule has 1 fully saturated rings. The highest BCUT2D eigenvalue weighted by molar-refractivity contribution is 7.22. The van der Waals surface area contributed by atoms with Gasteiger partial charge in [-0.1, -0.05) is 41.2 Å². The Morgan fingerprint density at radius 3 is 2.70 bits per heavy atom. The van der Waals surface area contributed by atoms with Crippen LogP contribution in [0.15, 0.2) is 48.5 Å². The Balaban J connectivity index is 1.33. The maximum Gasteiger partial charge on any atom is 0.240 e. The molecule has 1 aromatic heterocycles. The van der Waals surface area contributed by atoms with Gasteiger partial charge < -0.3 is 10.2 Å². The average molecular weight is 381 g/mol. The number of aromatic nitrogens is 1. The fourth-order valence-electron chi connectivity index (χ4n) is 3.58. The fourth-order valence-corrected chi connectivity index (χ4v) is 4.47. The Hall–Kier alpha value is -2.44. The van der Waals surface area contributed by atoms with Gasteiger partial charge in [0, 0.05) is 31.4 Å². The highest BCUT2D eigenvalue weighted by Gasteiger charge is 2.25. The first-order valence-electron chi connectivity index (χ1n) is 9.29. The maximum atomic E-state index is 12.5. The molecule has 6 heteroatoms. The molecule has 0 aliphatic carbocycles. The van der Waals surface area contributed by atoms with Crippen LogP contribution >= 0.6 is 11.3 Å². The van der Waals surface area contributed by atoms with Crippen molar-refractivity contribution in [3.05, 3.63) is 54.1 Å². The molecule has 4 rings (SSSR count). The molecule has 1 aliphatic rings. The molecule has 140 valence electrons. The number of hydrogen-bond acceptors (Lipinski definition) is 5. The molecule has 1 saturated heterocycles. The van der Waals surface area contributed by atoms with E-state index in [1.54, 1.807) is 0 Å². The Morgan fingerprint density at radius 2 is 1.96 bits per heavy atom. The Kier molecular flexibility index (Phi) is 5.09. The van der Waals surface area contributed by atoms with E-state index < -0.39 is 0 Å². The number of carbonyl (C=O) groups excluding carboxylic acids is 1. The molecule has 0 spiro atoms. The van der Waals surface area contributed by atoms with Crippen molar-refractivity contribution in [2.75, 3.05) is 36.4 Å². The van der Waals surface area contributed by atoms with Crippen molar-refractivity contribution in [1.82, 2.24) is 9.88 Å². The summed E-state index contributed by atoms with van der Waals surface area (Å²) in [6, 6.07) is 17.0. The van der Waals surface area contributed by atoms with Crippen LogP contribution in [0.1, 0.15) is 12.5 Å². The zero-order chi connectivity index (χ0) is 18.8.